The highest BCUT2D eigenvalue weighted by Crippen LogP contribution is 2.22. The van der Waals surface area contributed by atoms with Crippen LogP contribution in [0.1, 0.15) is 29.7 Å². The fourth-order valence-electron chi connectivity index (χ4n) is 1.85. The zero-order valence-corrected chi connectivity index (χ0v) is 11.0. The Bertz CT molecular complexity index is 647. The zero-order chi connectivity index (χ0) is 14.5. The summed E-state index contributed by atoms with van der Waals surface area (Å²) in [4.78, 5) is 0. The summed E-state index contributed by atoms with van der Waals surface area (Å²) in [5, 5.41) is 18.3. The Morgan fingerprint density at radius 1 is 1.30 bits per heavy atom. The molecule has 0 amide bonds. The first kappa shape index (κ1) is 14.0. The van der Waals surface area contributed by atoms with Crippen molar-refractivity contribution in [3.8, 4) is 11.8 Å². The molecular formula is C16H14FNO2. The maximum absolute atomic E-state index is 13.7. The summed E-state index contributed by atoms with van der Waals surface area (Å²) in [5.41, 5.74) is 1.51. The number of hydrogen-bond donors (Lipinski definition) is 1. The van der Waals surface area contributed by atoms with E-state index in [0.717, 1.165) is 5.56 Å². The van der Waals surface area contributed by atoms with Gasteiger partial charge >= 0.3 is 0 Å². The van der Waals surface area contributed by atoms with Crippen molar-refractivity contribution in [1.82, 2.24) is 0 Å². The maximum atomic E-state index is 13.7. The van der Waals surface area contributed by atoms with E-state index in [-0.39, 0.29) is 12.2 Å². The molecule has 0 aliphatic rings. The fraction of sp³-hybridized carbons (Fsp3) is 0.188. The highest BCUT2D eigenvalue weighted by Gasteiger charge is 2.09. The van der Waals surface area contributed by atoms with E-state index >= 15 is 0 Å². The third-order valence-corrected chi connectivity index (χ3v) is 2.95. The lowest BCUT2D eigenvalue weighted by Gasteiger charge is -2.10. The minimum atomic E-state index is -0.858. The minimum absolute atomic E-state index is 0.192. The van der Waals surface area contributed by atoms with Crippen LogP contribution in [0.2, 0.25) is 0 Å². The Hall–Kier alpha value is -2.38. The van der Waals surface area contributed by atoms with Gasteiger partial charge in [-0.3, -0.25) is 0 Å². The first-order valence-electron chi connectivity index (χ1n) is 6.20. The molecule has 0 fully saturated rings. The summed E-state index contributed by atoms with van der Waals surface area (Å²) >= 11 is 0. The Kier molecular flexibility index (Phi) is 4.34. The van der Waals surface area contributed by atoms with Gasteiger partial charge in [-0.2, -0.15) is 5.26 Å². The van der Waals surface area contributed by atoms with E-state index in [9.17, 15) is 9.50 Å². The molecule has 0 spiro atoms. The number of halogens is 1. The summed E-state index contributed by atoms with van der Waals surface area (Å²) in [7, 11) is 0. The minimum Gasteiger partial charge on any atom is -0.489 e. The highest BCUT2D eigenvalue weighted by atomic mass is 19.1. The molecule has 20 heavy (non-hydrogen) atoms. The lowest BCUT2D eigenvalue weighted by atomic mass is 10.1. The number of nitriles is 1. The Morgan fingerprint density at radius 3 is 2.70 bits per heavy atom. The lowest BCUT2D eigenvalue weighted by Crippen LogP contribution is -2.00. The molecule has 0 aliphatic heterocycles. The van der Waals surface area contributed by atoms with E-state index in [1.165, 1.54) is 19.1 Å². The van der Waals surface area contributed by atoms with Crippen LogP contribution in [0.4, 0.5) is 4.39 Å². The van der Waals surface area contributed by atoms with Crippen LogP contribution in [0, 0.1) is 17.1 Å². The molecule has 2 aromatic carbocycles. The molecule has 1 atom stereocenters. The Morgan fingerprint density at radius 2 is 2.05 bits per heavy atom. The van der Waals surface area contributed by atoms with Crippen LogP contribution in [0.25, 0.3) is 0 Å². The highest BCUT2D eigenvalue weighted by molar-refractivity contribution is 5.37. The largest absolute Gasteiger partial charge is 0.489 e. The second-order valence-corrected chi connectivity index (χ2v) is 4.42. The van der Waals surface area contributed by atoms with Crippen molar-refractivity contribution < 1.29 is 14.2 Å². The van der Waals surface area contributed by atoms with Gasteiger partial charge in [-0.25, -0.2) is 4.39 Å². The molecule has 1 N–H and O–H groups in total. The van der Waals surface area contributed by atoms with E-state index in [4.69, 9.17) is 10.00 Å². The van der Waals surface area contributed by atoms with Crippen LogP contribution in [0.3, 0.4) is 0 Å². The summed E-state index contributed by atoms with van der Waals surface area (Å²) in [6.45, 7) is 1.69. The fourth-order valence-corrected chi connectivity index (χ4v) is 1.85. The quantitative estimate of drug-likeness (QED) is 0.928. The van der Waals surface area contributed by atoms with Gasteiger partial charge in [0.1, 0.15) is 18.2 Å². The zero-order valence-electron chi connectivity index (χ0n) is 11.0. The normalized spacial score (nSPS) is 11.7. The number of aliphatic hydroxyl groups excluding tert-OH is 1. The number of benzene rings is 2. The number of rotatable bonds is 4. The van der Waals surface area contributed by atoms with Crippen LogP contribution >= 0.6 is 0 Å². The molecule has 2 rings (SSSR count). The third-order valence-electron chi connectivity index (χ3n) is 2.95. The monoisotopic (exact) mass is 271 g/mol. The first-order valence-corrected chi connectivity index (χ1v) is 6.20. The number of nitrogens with zero attached hydrogens (tertiary/aromatic N) is 1. The van der Waals surface area contributed by atoms with Crippen molar-refractivity contribution in [2.75, 3.05) is 0 Å². The molecule has 0 heterocycles. The number of hydrogen-bond acceptors (Lipinski definition) is 3. The molecule has 0 radical (unpaired) electrons. The Labute approximate surface area is 116 Å². The van der Waals surface area contributed by atoms with Gasteiger partial charge in [0.15, 0.2) is 0 Å². The maximum Gasteiger partial charge on any atom is 0.132 e. The van der Waals surface area contributed by atoms with Crippen molar-refractivity contribution >= 4 is 0 Å². The van der Waals surface area contributed by atoms with Gasteiger partial charge in [0.2, 0.25) is 0 Å². The first-order chi connectivity index (χ1) is 9.61. The average Bonchev–Trinajstić information content (AvgIpc) is 2.45. The van der Waals surface area contributed by atoms with Crippen molar-refractivity contribution in [3.63, 3.8) is 0 Å². The molecular weight excluding hydrogens is 257 g/mol. The van der Waals surface area contributed by atoms with Gasteiger partial charge in [-0.15, -0.1) is 0 Å². The summed E-state index contributed by atoms with van der Waals surface area (Å²) in [6, 6.07) is 13.5. The van der Waals surface area contributed by atoms with Gasteiger partial charge in [-0.05, 0) is 25.1 Å². The predicted molar refractivity (Wildman–Crippen MR) is 72.5 cm³/mol. The molecule has 0 aliphatic carbocycles. The lowest BCUT2D eigenvalue weighted by molar-refractivity contribution is 0.194. The van der Waals surface area contributed by atoms with Crippen LogP contribution in [0.5, 0.6) is 5.75 Å². The van der Waals surface area contributed by atoms with Crippen LogP contribution < -0.4 is 4.74 Å². The van der Waals surface area contributed by atoms with Crippen LogP contribution in [0.15, 0.2) is 42.5 Å². The molecule has 2 aromatic rings. The van der Waals surface area contributed by atoms with E-state index in [2.05, 4.69) is 6.07 Å². The third kappa shape index (κ3) is 3.14. The SMILES string of the molecule is C[C@H](O)c1ccc(OCc2ccccc2C#N)cc1F. The van der Waals surface area contributed by atoms with Crippen LogP contribution in [-0.2, 0) is 6.61 Å². The molecule has 102 valence electrons. The smallest absolute Gasteiger partial charge is 0.132 e. The molecule has 0 aromatic heterocycles. The molecule has 4 heteroatoms. The predicted octanol–water partition coefficient (Wildman–Crippen LogP) is 3.33. The van der Waals surface area contributed by atoms with Crippen molar-refractivity contribution in [1.29, 1.82) is 5.26 Å². The number of ether oxygens (including phenoxy) is 1. The molecule has 0 saturated heterocycles. The second-order valence-electron chi connectivity index (χ2n) is 4.42. The average molecular weight is 271 g/mol. The molecule has 3 nitrogen and oxygen atoms in total. The topological polar surface area (TPSA) is 53.2 Å². The van der Waals surface area contributed by atoms with Gasteiger partial charge in [0, 0.05) is 17.2 Å². The van der Waals surface area contributed by atoms with E-state index < -0.39 is 11.9 Å². The summed E-state index contributed by atoms with van der Waals surface area (Å²) in [6.07, 6.45) is -0.858. The van der Waals surface area contributed by atoms with Gasteiger partial charge in [-0.1, -0.05) is 18.2 Å². The van der Waals surface area contributed by atoms with Crippen LogP contribution in [-0.4, -0.2) is 5.11 Å². The second kappa shape index (κ2) is 6.18. The summed E-state index contributed by atoms with van der Waals surface area (Å²) in [5.74, 6) is -0.147. The van der Waals surface area contributed by atoms with Crippen molar-refractivity contribution in [3.05, 3.63) is 65.0 Å². The molecule has 0 bridgehead atoms. The van der Waals surface area contributed by atoms with Gasteiger partial charge in [0.05, 0.1) is 17.7 Å². The van der Waals surface area contributed by atoms with Crippen molar-refractivity contribution in [2.24, 2.45) is 0 Å². The molecule has 0 unspecified atom stereocenters. The van der Waals surface area contributed by atoms with E-state index in [1.54, 1.807) is 24.3 Å². The van der Waals surface area contributed by atoms with E-state index in [1.807, 2.05) is 6.07 Å². The van der Waals surface area contributed by atoms with Crippen molar-refractivity contribution in [2.45, 2.75) is 19.6 Å². The standard InChI is InChI=1S/C16H14FNO2/c1-11(19)15-7-6-14(8-16(15)17)20-10-13-5-3-2-4-12(13)9-18/h2-8,11,19H,10H2,1H3/t11-/m0/s1. The van der Waals surface area contributed by atoms with Gasteiger partial charge in [0.25, 0.3) is 0 Å². The van der Waals surface area contributed by atoms with E-state index in [0.29, 0.717) is 11.3 Å². The number of aliphatic hydroxyl groups is 1. The Balaban J connectivity index is 2.12. The molecule has 0 saturated carbocycles. The van der Waals surface area contributed by atoms with Gasteiger partial charge < -0.3 is 9.84 Å². The summed E-state index contributed by atoms with van der Waals surface area (Å²) < 4.78 is 19.2.